The SMILES string of the molecule is Nc1c(F)c(N2CCN(Cc3ccccc3)CC2)c(F)c2c1c(=O)c(C(=O)O)cn2C1CC1. The van der Waals surface area contributed by atoms with Gasteiger partial charge >= 0.3 is 5.97 Å². The predicted octanol–water partition coefficient (Wildman–Crippen LogP) is 3.22. The van der Waals surface area contributed by atoms with Crippen molar-refractivity contribution in [2.75, 3.05) is 36.8 Å². The number of nitrogens with two attached hydrogens (primary N) is 1. The standard InChI is InChI=1S/C24H24F2N4O3/c25-18-20(27)17-21(30(15-6-7-15)13-16(23(17)31)24(32)33)19(26)22(18)29-10-8-28(9-11-29)12-14-4-2-1-3-5-14/h1-5,13,15H,6-12,27H2,(H,32,33). The normalized spacial score (nSPS) is 17.0. The molecule has 3 aromatic rings. The molecule has 33 heavy (non-hydrogen) atoms. The maximum absolute atomic E-state index is 15.8. The number of nitrogen functional groups attached to an aromatic ring is 1. The van der Waals surface area contributed by atoms with Crippen LogP contribution >= 0.6 is 0 Å². The first-order valence-electron chi connectivity index (χ1n) is 11.0. The monoisotopic (exact) mass is 454 g/mol. The topological polar surface area (TPSA) is 91.8 Å². The van der Waals surface area contributed by atoms with E-state index in [0.717, 1.165) is 25.6 Å². The van der Waals surface area contributed by atoms with Gasteiger partial charge < -0.3 is 20.3 Å². The van der Waals surface area contributed by atoms with Crippen LogP contribution in [0.1, 0.15) is 34.8 Å². The van der Waals surface area contributed by atoms with Crippen molar-refractivity contribution in [1.29, 1.82) is 0 Å². The first-order valence-corrected chi connectivity index (χ1v) is 11.0. The second-order valence-electron chi connectivity index (χ2n) is 8.68. The van der Waals surface area contributed by atoms with Gasteiger partial charge in [-0.25, -0.2) is 13.6 Å². The number of carboxylic acids is 1. The lowest BCUT2D eigenvalue weighted by Gasteiger charge is -2.36. The maximum Gasteiger partial charge on any atom is 0.341 e. The highest BCUT2D eigenvalue weighted by Gasteiger charge is 2.33. The molecule has 2 heterocycles. The summed E-state index contributed by atoms with van der Waals surface area (Å²) in [6.07, 6.45) is 2.61. The number of carboxylic acid groups (broad SMARTS) is 1. The van der Waals surface area contributed by atoms with E-state index in [1.54, 1.807) is 4.90 Å². The fourth-order valence-electron chi connectivity index (χ4n) is 4.59. The van der Waals surface area contributed by atoms with Crippen molar-refractivity contribution in [2.45, 2.75) is 25.4 Å². The maximum atomic E-state index is 15.8. The molecule has 0 bridgehead atoms. The average Bonchev–Trinajstić information content (AvgIpc) is 3.64. The Bertz CT molecular complexity index is 1300. The number of fused-ring (bicyclic) bond motifs is 1. The van der Waals surface area contributed by atoms with Gasteiger partial charge in [0.1, 0.15) is 11.3 Å². The van der Waals surface area contributed by atoms with E-state index in [0.29, 0.717) is 26.2 Å². The van der Waals surface area contributed by atoms with Gasteiger partial charge in [-0.1, -0.05) is 30.3 Å². The van der Waals surface area contributed by atoms with Crippen molar-refractivity contribution in [3.8, 4) is 0 Å². The Morgan fingerprint density at radius 1 is 1.06 bits per heavy atom. The van der Waals surface area contributed by atoms with Crippen LogP contribution in [0, 0.1) is 11.6 Å². The summed E-state index contributed by atoms with van der Waals surface area (Å²) in [5.74, 6) is -3.33. The lowest BCUT2D eigenvalue weighted by Crippen LogP contribution is -2.46. The van der Waals surface area contributed by atoms with E-state index >= 15 is 8.78 Å². The van der Waals surface area contributed by atoms with Gasteiger partial charge in [-0.2, -0.15) is 0 Å². The van der Waals surface area contributed by atoms with Crippen LogP contribution in [0.5, 0.6) is 0 Å². The molecule has 1 saturated carbocycles. The van der Waals surface area contributed by atoms with Crippen LogP contribution in [0.25, 0.3) is 10.9 Å². The molecule has 0 atom stereocenters. The molecular formula is C24H24F2N4O3. The van der Waals surface area contributed by atoms with E-state index in [1.807, 2.05) is 30.3 Å². The van der Waals surface area contributed by atoms with Gasteiger partial charge in [-0.3, -0.25) is 9.69 Å². The summed E-state index contributed by atoms with van der Waals surface area (Å²) in [5.41, 5.74) is 4.78. The number of halogens is 2. The molecule has 0 spiro atoms. The molecule has 9 heteroatoms. The van der Waals surface area contributed by atoms with Gasteiger partial charge in [0, 0.05) is 45.0 Å². The smallest absolute Gasteiger partial charge is 0.341 e. The molecule has 2 fully saturated rings. The summed E-state index contributed by atoms with van der Waals surface area (Å²) in [4.78, 5) is 28.2. The van der Waals surface area contributed by atoms with Crippen molar-refractivity contribution in [3.05, 3.63) is 69.5 Å². The highest BCUT2D eigenvalue weighted by Crippen LogP contribution is 2.41. The summed E-state index contributed by atoms with van der Waals surface area (Å²) in [6, 6.07) is 9.85. The highest BCUT2D eigenvalue weighted by atomic mass is 19.1. The first kappa shape index (κ1) is 21.4. The van der Waals surface area contributed by atoms with Gasteiger partial charge in [0.15, 0.2) is 11.6 Å². The number of hydrogen-bond donors (Lipinski definition) is 2. The minimum Gasteiger partial charge on any atom is -0.477 e. The Morgan fingerprint density at radius 3 is 2.33 bits per heavy atom. The third kappa shape index (κ3) is 3.72. The number of benzene rings is 2. The Balaban J connectivity index is 1.53. The van der Waals surface area contributed by atoms with Gasteiger partial charge in [-0.15, -0.1) is 0 Å². The van der Waals surface area contributed by atoms with Crippen LogP contribution in [-0.4, -0.2) is 46.7 Å². The molecule has 1 aliphatic carbocycles. The minimum absolute atomic E-state index is 0.117. The van der Waals surface area contributed by atoms with Crippen LogP contribution in [0.15, 0.2) is 41.3 Å². The van der Waals surface area contributed by atoms with Crippen molar-refractivity contribution >= 4 is 28.2 Å². The second kappa shape index (κ2) is 8.15. The van der Waals surface area contributed by atoms with Gasteiger partial charge in [0.25, 0.3) is 0 Å². The number of aromatic nitrogens is 1. The number of anilines is 2. The number of nitrogens with zero attached hydrogens (tertiary/aromatic N) is 3. The Labute approximate surface area is 188 Å². The van der Waals surface area contributed by atoms with E-state index in [4.69, 9.17) is 5.73 Å². The summed E-state index contributed by atoms with van der Waals surface area (Å²) in [5, 5.41) is 9.02. The van der Waals surface area contributed by atoms with E-state index in [1.165, 1.54) is 10.1 Å². The summed E-state index contributed by atoms with van der Waals surface area (Å²) in [6.45, 7) is 2.76. The number of hydrogen-bond acceptors (Lipinski definition) is 5. The Morgan fingerprint density at radius 2 is 1.73 bits per heavy atom. The number of piperazine rings is 1. The molecular weight excluding hydrogens is 430 g/mol. The fraction of sp³-hybridized carbons (Fsp3) is 0.333. The zero-order valence-electron chi connectivity index (χ0n) is 17.9. The molecule has 0 amide bonds. The molecule has 3 N–H and O–H groups in total. The molecule has 0 unspecified atom stereocenters. The largest absolute Gasteiger partial charge is 0.477 e. The third-order valence-electron chi connectivity index (χ3n) is 6.47. The molecule has 7 nitrogen and oxygen atoms in total. The lowest BCUT2D eigenvalue weighted by molar-refractivity contribution is 0.0695. The Hall–Kier alpha value is -3.46. The van der Waals surface area contributed by atoms with Crippen LogP contribution in [0.2, 0.25) is 0 Å². The van der Waals surface area contributed by atoms with Crippen molar-refractivity contribution in [2.24, 2.45) is 0 Å². The highest BCUT2D eigenvalue weighted by molar-refractivity contribution is 5.99. The van der Waals surface area contributed by atoms with Gasteiger partial charge in [0.2, 0.25) is 5.43 Å². The molecule has 1 saturated heterocycles. The zero-order valence-corrected chi connectivity index (χ0v) is 17.9. The number of aromatic carboxylic acids is 1. The van der Waals surface area contributed by atoms with Crippen LogP contribution in [0.4, 0.5) is 20.2 Å². The summed E-state index contributed by atoms with van der Waals surface area (Å²) in [7, 11) is 0. The predicted molar refractivity (Wildman–Crippen MR) is 122 cm³/mol. The van der Waals surface area contributed by atoms with Crippen LogP contribution in [0.3, 0.4) is 0 Å². The third-order valence-corrected chi connectivity index (χ3v) is 6.47. The van der Waals surface area contributed by atoms with Crippen molar-refractivity contribution < 1.29 is 18.7 Å². The lowest BCUT2D eigenvalue weighted by atomic mass is 10.1. The summed E-state index contributed by atoms with van der Waals surface area (Å²) < 4.78 is 32.7. The number of carbonyl (C=O) groups is 1. The fourth-order valence-corrected chi connectivity index (χ4v) is 4.59. The van der Waals surface area contributed by atoms with Gasteiger partial charge in [0.05, 0.1) is 16.6 Å². The Kier molecular flexibility index (Phi) is 5.28. The van der Waals surface area contributed by atoms with E-state index < -0.39 is 39.7 Å². The molecule has 1 aliphatic heterocycles. The quantitative estimate of drug-likeness (QED) is 0.576. The minimum atomic E-state index is -1.45. The molecule has 172 valence electrons. The van der Waals surface area contributed by atoms with E-state index in [-0.39, 0.29) is 17.2 Å². The average molecular weight is 454 g/mol. The zero-order chi connectivity index (χ0) is 23.3. The van der Waals surface area contributed by atoms with Crippen LogP contribution in [-0.2, 0) is 6.54 Å². The summed E-state index contributed by atoms with van der Waals surface area (Å²) >= 11 is 0. The van der Waals surface area contributed by atoms with Crippen LogP contribution < -0.4 is 16.1 Å². The number of rotatable bonds is 5. The molecule has 1 aromatic heterocycles. The van der Waals surface area contributed by atoms with Crippen molar-refractivity contribution in [1.82, 2.24) is 9.47 Å². The second-order valence-corrected chi connectivity index (χ2v) is 8.68. The van der Waals surface area contributed by atoms with Crippen molar-refractivity contribution in [3.63, 3.8) is 0 Å². The molecule has 5 rings (SSSR count). The molecule has 0 radical (unpaired) electrons. The van der Waals surface area contributed by atoms with E-state index in [2.05, 4.69) is 4.90 Å². The van der Waals surface area contributed by atoms with E-state index in [9.17, 15) is 14.7 Å². The number of pyridine rings is 1. The first-order chi connectivity index (χ1) is 15.9. The molecule has 2 aliphatic rings. The molecule has 2 aromatic carbocycles. The van der Waals surface area contributed by atoms with Gasteiger partial charge in [-0.05, 0) is 18.4 Å².